The Balaban J connectivity index is 1.53. The molecular weight excluding hydrogens is 328 g/mol. The van der Waals surface area contributed by atoms with Crippen LogP contribution < -0.4 is 0 Å². The minimum absolute atomic E-state index is 0.189. The molecule has 5 nitrogen and oxygen atoms in total. The van der Waals surface area contributed by atoms with Gasteiger partial charge in [-0.2, -0.15) is 0 Å². The number of pyridine rings is 1. The van der Waals surface area contributed by atoms with Gasteiger partial charge in [-0.05, 0) is 45.7 Å². The number of carbonyl (C=O) groups excluding carboxylic acids is 2. The number of rotatable bonds is 0. The van der Waals surface area contributed by atoms with Crippen LogP contribution in [0.5, 0.6) is 0 Å². The summed E-state index contributed by atoms with van der Waals surface area (Å²) in [6, 6.07) is 9.88. The highest BCUT2D eigenvalue weighted by Gasteiger charge is 2.48. The van der Waals surface area contributed by atoms with Crippen LogP contribution in [0.4, 0.5) is 4.79 Å². The molecule has 1 aromatic heterocycles. The first-order valence-corrected chi connectivity index (χ1v) is 9.19. The molecule has 1 spiro atoms. The molecule has 0 bridgehead atoms. The van der Waals surface area contributed by atoms with Crippen LogP contribution in [0.2, 0.25) is 0 Å². The van der Waals surface area contributed by atoms with Gasteiger partial charge in [0.25, 0.3) is 0 Å². The number of piperidine rings is 1. The van der Waals surface area contributed by atoms with Crippen LogP contribution in [0.1, 0.15) is 49.7 Å². The lowest BCUT2D eigenvalue weighted by Crippen LogP contribution is -2.47. The van der Waals surface area contributed by atoms with E-state index in [1.165, 1.54) is 0 Å². The largest absolute Gasteiger partial charge is 0.444 e. The van der Waals surface area contributed by atoms with Crippen molar-refractivity contribution in [3.63, 3.8) is 0 Å². The van der Waals surface area contributed by atoms with Crippen molar-refractivity contribution >= 4 is 22.8 Å². The second kappa shape index (κ2) is 5.79. The Kier molecular flexibility index (Phi) is 3.79. The first-order chi connectivity index (χ1) is 12.3. The zero-order valence-corrected chi connectivity index (χ0v) is 15.5. The summed E-state index contributed by atoms with van der Waals surface area (Å²) in [4.78, 5) is 31.9. The molecule has 0 atom stereocenters. The highest BCUT2D eigenvalue weighted by Crippen LogP contribution is 2.44. The summed E-state index contributed by atoms with van der Waals surface area (Å²) in [6.45, 7) is 6.69. The molecule has 1 fully saturated rings. The molecule has 0 N–H and O–H groups in total. The van der Waals surface area contributed by atoms with E-state index in [0.29, 0.717) is 32.4 Å². The van der Waals surface area contributed by atoms with E-state index >= 15 is 0 Å². The van der Waals surface area contributed by atoms with Crippen molar-refractivity contribution < 1.29 is 14.3 Å². The van der Waals surface area contributed by atoms with Crippen molar-refractivity contribution in [3.05, 3.63) is 41.6 Å². The number of para-hydroxylation sites is 1. The number of amides is 1. The number of carbonyl (C=O) groups is 2. The van der Waals surface area contributed by atoms with Gasteiger partial charge >= 0.3 is 6.09 Å². The fourth-order valence-electron chi connectivity index (χ4n) is 4.02. The Morgan fingerprint density at radius 1 is 1.19 bits per heavy atom. The molecule has 1 aromatic carbocycles. The molecule has 136 valence electrons. The number of Topliss-reactive ketones (excluding diaryl/α,β-unsaturated/α-hetero) is 1. The number of fused-ring (bicyclic) bond motifs is 2. The number of hydrogen-bond acceptors (Lipinski definition) is 4. The van der Waals surface area contributed by atoms with Crippen molar-refractivity contribution in [1.29, 1.82) is 0 Å². The second-order valence-corrected chi connectivity index (χ2v) is 8.43. The summed E-state index contributed by atoms with van der Waals surface area (Å²) in [5.41, 5.74) is 1.68. The van der Waals surface area contributed by atoms with Crippen LogP contribution in [-0.2, 0) is 11.2 Å². The Bertz CT molecular complexity index is 890. The first kappa shape index (κ1) is 17.0. The Morgan fingerprint density at radius 3 is 2.58 bits per heavy atom. The quantitative estimate of drug-likeness (QED) is 0.719. The fraction of sp³-hybridized carbons (Fsp3) is 0.476. The van der Waals surface area contributed by atoms with E-state index in [0.717, 1.165) is 22.2 Å². The predicted octanol–water partition coefficient (Wildman–Crippen LogP) is 3.99. The molecule has 2 aromatic rings. The Labute approximate surface area is 153 Å². The Morgan fingerprint density at radius 2 is 1.88 bits per heavy atom. The van der Waals surface area contributed by atoms with Crippen LogP contribution in [0, 0.1) is 5.41 Å². The molecular formula is C21H24N2O3. The summed E-state index contributed by atoms with van der Waals surface area (Å²) in [7, 11) is 0. The maximum Gasteiger partial charge on any atom is 0.410 e. The smallest absolute Gasteiger partial charge is 0.410 e. The maximum atomic E-state index is 13.1. The molecule has 1 aliphatic heterocycles. The lowest BCUT2D eigenvalue weighted by atomic mass is 9.75. The fourth-order valence-corrected chi connectivity index (χ4v) is 4.02. The van der Waals surface area contributed by atoms with Crippen LogP contribution >= 0.6 is 0 Å². The van der Waals surface area contributed by atoms with Gasteiger partial charge in [0.1, 0.15) is 5.60 Å². The molecule has 1 aliphatic carbocycles. The number of ether oxygens (including phenoxy) is 1. The average Bonchev–Trinajstić information content (AvgIpc) is 2.83. The number of ketones is 1. The van der Waals surface area contributed by atoms with E-state index in [2.05, 4.69) is 0 Å². The highest BCUT2D eigenvalue weighted by atomic mass is 16.6. The van der Waals surface area contributed by atoms with E-state index in [4.69, 9.17) is 9.72 Å². The number of aromatic nitrogens is 1. The number of benzene rings is 1. The van der Waals surface area contributed by atoms with Gasteiger partial charge in [-0.15, -0.1) is 0 Å². The van der Waals surface area contributed by atoms with Crippen LogP contribution in [-0.4, -0.2) is 40.5 Å². The molecule has 26 heavy (non-hydrogen) atoms. The van der Waals surface area contributed by atoms with Crippen LogP contribution in [0.25, 0.3) is 10.9 Å². The Hall–Kier alpha value is -2.43. The van der Waals surface area contributed by atoms with E-state index in [-0.39, 0.29) is 11.9 Å². The number of nitrogens with zero attached hydrogens (tertiary/aromatic N) is 2. The number of likely N-dealkylation sites (tertiary alicyclic amines) is 1. The summed E-state index contributed by atoms with van der Waals surface area (Å²) < 4.78 is 5.46. The van der Waals surface area contributed by atoms with Gasteiger partial charge in [0, 0.05) is 35.9 Å². The summed E-state index contributed by atoms with van der Waals surface area (Å²) in [5.74, 6) is 0.189. The van der Waals surface area contributed by atoms with Crippen LogP contribution in [0.3, 0.4) is 0 Å². The highest BCUT2D eigenvalue weighted by molar-refractivity contribution is 6.06. The van der Waals surface area contributed by atoms with E-state index in [9.17, 15) is 9.59 Å². The lowest BCUT2D eigenvalue weighted by Gasteiger charge is -2.38. The molecule has 2 heterocycles. The lowest BCUT2D eigenvalue weighted by molar-refractivity contribution is 0.0113. The molecule has 0 saturated carbocycles. The van der Waals surface area contributed by atoms with Crippen molar-refractivity contribution in [3.8, 4) is 0 Å². The zero-order valence-electron chi connectivity index (χ0n) is 15.5. The third kappa shape index (κ3) is 2.85. The topological polar surface area (TPSA) is 59.5 Å². The van der Waals surface area contributed by atoms with Gasteiger partial charge < -0.3 is 9.64 Å². The van der Waals surface area contributed by atoms with E-state index in [1.807, 2.05) is 51.1 Å². The van der Waals surface area contributed by atoms with Crippen molar-refractivity contribution in [2.45, 2.75) is 45.6 Å². The van der Waals surface area contributed by atoms with Crippen molar-refractivity contribution in [1.82, 2.24) is 9.88 Å². The zero-order chi connectivity index (χ0) is 18.5. The SMILES string of the molecule is CC(C)(C)OC(=O)N1CCC2(CC1)Cc1nc3ccccc3cc1C2=O. The monoisotopic (exact) mass is 352 g/mol. The second-order valence-electron chi connectivity index (χ2n) is 8.43. The molecule has 0 unspecified atom stereocenters. The molecule has 5 heteroatoms. The van der Waals surface area contributed by atoms with Gasteiger partial charge in [0.05, 0.1) is 11.2 Å². The van der Waals surface area contributed by atoms with Crippen molar-refractivity contribution in [2.75, 3.05) is 13.1 Å². The van der Waals surface area contributed by atoms with Gasteiger partial charge in [0.15, 0.2) is 5.78 Å². The first-order valence-electron chi connectivity index (χ1n) is 9.19. The normalized spacial score (nSPS) is 19.0. The van der Waals surface area contributed by atoms with Crippen LogP contribution in [0.15, 0.2) is 30.3 Å². The molecule has 2 aliphatic rings. The molecule has 1 amide bonds. The molecule has 1 saturated heterocycles. The maximum absolute atomic E-state index is 13.1. The minimum atomic E-state index is -0.504. The predicted molar refractivity (Wildman–Crippen MR) is 99.3 cm³/mol. The third-order valence-corrected chi connectivity index (χ3v) is 5.41. The van der Waals surface area contributed by atoms with Gasteiger partial charge in [-0.3, -0.25) is 9.78 Å². The van der Waals surface area contributed by atoms with E-state index in [1.54, 1.807) is 4.90 Å². The third-order valence-electron chi connectivity index (χ3n) is 5.41. The average molecular weight is 352 g/mol. The summed E-state index contributed by atoms with van der Waals surface area (Å²) in [6.07, 6.45) is 1.71. The van der Waals surface area contributed by atoms with Crippen molar-refractivity contribution in [2.24, 2.45) is 5.41 Å². The van der Waals surface area contributed by atoms with E-state index < -0.39 is 11.0 Å². The van der Waals surface area contributed by atoms with Gasteiger partial charge in [-0.1, -0.05) is 18.2 Å². The summed E-state index contributed by atoms with van der Waals surface area (Å²) >= 11 is 0. The number of hydrogen-bond donors (Lipinski definition) is 0. The molecule has 4 rings (SSSR count). The minimum Gasteiger partial charge on any atom is -0.444 e. The van der Waals surface area contributed by atoms with Gasteiger partial charge in [-0.25, -0.2) is 4.79 Å². The van der Waals surface area contributed by atoms with Gasteiger partial charge in [0.2, 0.25) is 0 Å². The standard InChI is InChI=1S/C21H24N2O3/c1-20(2,3)26-19(25)23-10-8-21(9-11-23)13-17-15(18(21)24)12-14-6-4-5-7-16(14)22-17/h4-7,12H,8-11,13H2,1-3H3. The molecule has 0 radical (unpaired) electrons. The summed E-state index contributed by atoms with van der Waals surface area (Å²) in [5, 5.41) is 1.00.